The molecule has 1 fully saturated rings. The van der Waals surface area contributed by atoms with E-state index in [1.54, 1.807) is 0 Å². The van der Waals surface area contributed by atoms with Gasteiger partial charge in [0, 0.05) is 0 Å². The minimum Gasteiger partial charge on any atom is -0.299 e. The summed E-state index contributed by atoms with van der Waals surface area (Å²) in [6, 6.07) is 9.28. The minimum atomic E-state index is -0.469. The van der Waals surface area contributed by atoms with Gasteiger partial charge in [-0.3, -0.25) is 19.9 Å². The van der Waals surface area contributed by atoms with Gasteiger partial charge in [-0.05, 0) is 5.56 Å². The lowest BCUT2D eigenvalue weighted by Crippen LogP contribution is -2.29. The van der Waals surface area contributed by atoms with Crippen molar-refractivity contribution in [2.75, 3.05) is 0 Å². The standard InChI is InChI=1S/C11H10N2O2/c12-9-6-10(14)13(11(9)15)7-8-4-2-1-3-5-8/h1-5,12H,6-7H2. The van der Waals surface area contributed by atoms with E-state index >= 15 is 0 Å². The van der Waals surface area contributed by atoms with E-state index in [0.717, 1.165) is 10.5 Å². The number of hydrogen-bond donors (Lipinski definition) is 1. The Labute approximate surface area is 87.0 Å². The van der Waals surface area contributed by atoms with Gasteiger partial charge in [0.2, 0.25) is 5.91 Å². The Kier molecular flexibility index (Phi) is 2.33. The van der Waals surface area contributed by atoms with Crippen LogP contribution < -0.4 is 0 Å². The van der Waals surface area contributed by atoms with Crippen molar-refractivity contribution in [3.63, 3.8) is 0 Å². The van der Waals surface area contributed by atoms with Gasteiger partial charge in [0.15, 0.2) is 0 Å². The lowest BCUT2D eigenvalue weighted by molar-refractivity contribution is -0.137. The number of benzene rings is 1. The monoisotopic (exact) mass is 202 g/mol. The van der Waals surface area contributed by atoms with Crippen LogP contribution in [0.25, 0.3) is 0 Å². The van der Waals surface area contributed by atoms with Gasteiger partial charge >= 0.3 is 0 Å². The van der Waals surface area contributed by atoms with Crippen molar-refractivity contribution in [2.45, 2.75) is 13.0 Å². The third-order valence-electron chi connectivity index (χ3n) is 2.32. The molecule has 1 aliphatic heterocycles. The van der Waals surface area contributed by atoms with E-state index < -0.39 is 5.91 Å². The van der Waals surface area contributed by atoms with Gasteiger partial charge in [0.05, 0.1) is 13.0 Å². The van der Waals surface area contributed by atoms with Crippen LogP contribution in [0.2, 0.25) is 0 Å². The summed E-state index contributed by atoms with van der Waals surface area (Å²) in [6.07, 6.45) is -0.0638. The van der Waals surface area contributed by atoms with Crippen LogP contribution in [0.1, 0.15) is 12.0 Å². The zero-order chi connectivity index (χ0) is 10.8. The Hall–Kier alpha value is -1.97. The Morgan fingerprint density at radius 2 is 1.87 bits per heavy atom. The van der Waals surface area contributed by atoms with Crippen LogP contribution >= 0.6 is 0 Å². The molecule has 1 saturated heterocycles. The quantitative estimate of drug-likeness (QED) is 0.726. The minimum absolute atomic E-state index is 0.0638. The molecular formula is C11H10N2O2. The van der Waals surface area contributed by atoms with Gasteiger partial charge < -0.3 is 0 Å². The molecule has 15 heavy (non-hydrogen) atoms. The van der Waals surface area contributed by atoms with E-state index in [1.165, 1.54) is 0 Å². The van der Waals surface area contributed by atoms with E-state index in [1.807, 2.05) is 30.3 Å². The van der Waals surface area contributed by atoms with E-state index in [-0.39, 0.29) is 24.6 Å². The third-order valence-corrected chi connectivity index (χ3v) is 2.32. The van der Waals surface area contributed by atoms with Crippen LogP contribution in [-0.2, 0) is 16.1 Å². The first kappa shape index (κ1) is 9.58. The number of likely N-dealkylation sites (tertiary alicyclic amines) is 1. The highest BCUT2D eigenvalue weighted by molar-refractivity contribution is 6.47. The van der Waals surface area contributed by atoms with E-state index in [9.17, 15) is 9.59 Å². The number of hydrogen-bond acceptors (Lipinski definition) is 3. The first-order valence-electron chi connectivity index (χ1n) is 4.64. The predicted molar refractivity (Wildman–Crippen MR) is 54.3 cm³/mol. The molecule has 0 atom stereocenters. The summed E-state index contributed by atoms with van der Waals surface area (Å²) < 4.78 is 0. The Morgan fingerprint density at radius 3 is 2.40 bits per heavy atom. The molecule has 4 nitrogen and oxygen atoms in total. The van der Waals surface area contributed by atoms with Gasteiger partial charge in [-0.1, -0.05) is 30.3 Å². The number of carbonyl (C=O) groups excluding carboxylic acids is 2. The van der Waals surface area contributed by atoms with Crippen LogP contribution in [-0.4, -0.2) is 22.4 Å². The first-order chi connectivity index (χ1) is 7.18. The third kappa shape index (κ3) is 1.79. The zero-order valence-corrected chi connectivity index (χ0v) is 8.06. The summed E-state index contributed by atoms with van der Waals surface area (Å²) in [4.78, 5) is 23.9. The average Bonchev–Trinajstić information content (AvgIpc) is 2.47. The SMILES string of the molecule is N=C1CC(=O)N(Cc2ccccc2)C1=O. The zero-order valence-electron chi connectivity index (χ0n) is 8.06. The Bertz CT molecular complexity index is 425. The van der Waals surface area contributed by atoms with Gasteiger partial charge in [0.25, 0.3) is 5.91 Å². The average molecular weight is 202 g/mol. The van der Waals surface area contributed by atoms with Gasteiger partial charge in [-0.2, -0.15) is 0 Å². The normalized spacial score (nSPS) is 16.3. The largest absolute Gasteiger partial charge is 0.299 e. The van der Waals surface area contributed by atoms with Crippen molar-refractivity contribution in [1.29, 1.82) is 5.41 Å². The number of rotatable bonds is 2. The second-order valence-corrected chi connectivity index (χ2v) is 3.43. The molecule has 1 aromatic rings. The molecule has 0 unspecified atom stereocenters. The van der Waals surface area contributed by atoms with Crippen molar-refractivity contribution in [3.8, 4) is 0 Å². The fourth-order valence-corrected chi connectivity index (χ4v) is 1.52. The maximum Gasteiger partial charge on any atom is 0.274 e. The number of nitrogens with zero attached hydrogens (tertiary/aromatic N) is 1. The molecule has 0 spiro atoms. The fraction of sp³-hybridized carbons (Fsp3) is 0.182. The molecule has 0 saturated carbocycles. The highest BCUT2D eigenvalue weighted by atomic mass is 16.2. The molecule has 0 aromatic heterocycles. The second kappa shape index (κ2) is 3.65. The maximum absolute atomic E-state index is 11.4. The van der Waals surface area contributed by atoms with Crippen molar-refractivity contribution in [2.24, 2.45) is 0 Å². The maximum atomic E-state index is 11.4. The molecule has 2 rings (SSSR count). The van der Waals surface area contributed by atoms with Crippen LogP contribution in [0, 0.1) is 5.41 Å². The molecule has 4 heteroatoms. The smallest absolute Gasteiger partial charge is 0.274 e. The number of nitrogens with one attached hydrogen (secondary N) is 1. The molecular weight excluding hydrogens is 192 g/mol. The van der Waals surface area contributed by atoms with E-state index in [0.29, 0.717) is 0 Å². The van der Waals surface area contributed by atoms with Crippen molar-refractivity contribution < 1.29 is 9.59 Å². The Morgan fingerprint density at radius 1 is 1.20 bits per heavy atom. The first-order valence-corrected chi connectivity index (χ1v) is 4.64. The number of imide groups is 1. The van der Waals surface area contributed by atoms with Crippen LogP contribution in [0.5, 0.6) is 0 Å². The molecule has 0 bridgehead atoms. The van der Waals surface area contributed by atoms with Crippen LogP contribution in [0.4, 0.5) is 0 Å². The molecule has 2 amide bonds. The van der Waals surface area contributed by atoms with E-state index in [4.69, 9.17) is 5.41 Å². The molecule has 76 valence electrons. The van der Waals surface area contributed by atoms with Gasteiger partial charge in [-0.25, -0.2) is 0 Å². The molecule has 1 aliphatic rings. The van der Waals surface area contributed by atoms with Crippen molar-refractivity contribution >= 4 is 17.5 Å². The van der Waals surface area contributed by atoms with Crippen molar-refractivity contribution in [1.82, 2.24) is 4.90 Å². The molecule has 0 radical (unpaired) electrons. The lowest BCUT2D eigenvalue weighted by atomic mass is 10.2. The molecule has 1 N–H and O–H groups in total. The summed E-state index contributed by atoms with van der Waals surface area (Å²) >= 11 is 0. The highest BCUT2D eigenvalue weighted by Crippen LogP contribution is 2.13. The van der Waals surface area contributed by atoms with Crippen LogP contribution in [0.3, 0.4) is 0 Å². The molecule has 0 aliphatic carbocycles. The van der Waals surface area contributed by atoms with Gasteiger partial charge in [0.1, 0.15) is 5.71 Å². The Balaban J connectivity index is 2.16. The summed E-state index contributed by atoms with van der Waals surface area (Å²) in [6.45, 7) is 0.265. The molecule has 1 aromatic carbocycles. The lowest BCUT2D eigenvalue weighted by Gasteiger charge is -2.12. The summed E-state index contributed by atoms with van der Waals surface area (Å²) in [5.41, 5.74) is 0.782. The highest BCUT2D eigenvalue weighted by Gasteiger charge is 2.33. The fourth-order valence-electron chi connectivity index (χ4n) is 1.52. The number of amides is 2. The summed E-state index contributed by atoms with van der Waals surface area (Å²) in [5.74, 6) is -0.752. The topological polar surface area (TPSA) is 61.2 Å². The van der Waals surface area contributed by atoms with Crippen LogP contribution in [0.15, 0.2) is 30.3 Å². The van der Waals surface area contributed by atoms with Gasteiger partial charge in [-0.15, -0.1) is 0 Å². The molecule has 1 heterocycles. The van der Waals surface area contributed by atoms with Crippen molar-refractivity contribution in [3.05, 3.63) is 35.9 Å². The summed E-state index contributed by atoms with van der Waals surface area (Å²) in [7, 11) is 0. The second-order valence-electron chi connectivity index (χ2n) is 3.43. The van der Waals surface area contributed by atoms with E-state index in [2.05, 4.69) is 0 Å². The summed E-state index contributed by atoms with van der Waals surface area (Å²) in [5, 5.41) is 7.27. The number of carbonyl (C=O) groups is 2. The predicted octanol–water partition coefficient (Wildman–Crippen LogP) is 0.965.